The average Bonchev–Trinajstić information content (AvgIpc) is 2.61. The highest BCUT2D eigenvalue weighted by Crippen LogP contribution is 2.39. The van der Waals surface area contributed by atoms with Gasteiger partial charge < -0.3 is 14.2 Å². The van der Waals surface area contributed by atoms with E-state index in [9.17, 15) is 0 Å². The fourth-order valence-electron chi connectivity index (χ4n) is 2.10. The van der Waals surface area contributed by atoms with Gasteiger partial charge in [-0.2, -0.15) is 0 Å². The van der Waals surface area contributed by atoms with Crippen LogP contribution in [0, 0.1) is 24.7 Å². The fraction of sp³-hybridized carbons (Fsp3) is 0.667. The van der Waals surface area contributed by atoms with Crippen molar-refractivity contribution in [3.63, 3.8) is 0 Å². The summed E-state index contributed by atoms with van der Waals surface area (Å²) in [5.74, 6) is 4.53. The van der Waals surface area contributed by atoms with Crippen molar-refractivity contribution in [2.24, 2.45) is 0 Å². The molecule has 0 aromatic rings. The minimum Gasteiger partial charge on any atom is -0.356 e. The second kappa shape index (κ2) is 3.54. The molecular formula is C12H14O3. The molecule has 0 aromatic carbocycles. The van der Waals surface area contributed by atoms with Crippen molar-refractivity contribution in [1.29, 1.82) is 0 Å². The monoisotopic (exact) mass is 206 g/mol. The minimum atomic E-state index is -0.596. The summed E-state index contributed by atoms with van der Waals surface area (Å²) in [5, 5.41) is 0. The van der Waals surface area contributed by atoms with Crippen LogP contribution in [0.4, 0.5) is 0 Å². The van der Waals surface area contributed by atoms with Crippen LogP contribution >= 0.6 is 0 Å². The van der Waals surface area contributed by atoms with E-state index in [-0.39, 0.29) is 24.4 Å². The summed E-state index contributed by atoms with van der Waals surface area (Å²) in [6, 6.07) is 0. The maximum Gasteiger partial charge on any atom is 0.164 e. The van der Waals surface area contributed by atoms with Crippen LogP contribution < -0.4 is 0 Å². The Bertz CT molecular complexity index is 334. The average molecular weight is 206 g/mol. The normalized spacial score (nSPS) is 41.9. The molecule has 3 nitrogen and oxygen atoms in total. The van der Waals surface area contributed by atoms with Crippen LogP contribution in [0.2, 0.25) is 0 Å². The number of ether oxygens (including phenoxy) is 3. The lowest BCUT2D eigenvalue weighted by Crippen LogP contribution is -2.29. The smallest absolute Gasteiger partial charge is 0.164 e. The van der Waals surface area contributed by atoms with Gasteiger partial charge in [-0.1, -0.05) is 5.92 Å². The van der Waals surface area contributed by atoms with Gasteiger partial charge in [0.1, 0.15) is 18.3 Å². The van der Waals surface area contributed by atoms with E-state index in [2.05, 4.69) is 11.8 Å². The van der Waals surface area contributed by atoms with E-state index < -0.39 is 5.79 Å². The summed E-state index contributed by atoms with van der Waals surface area (Å²) >= 11 is 0. The largest absolute Gasteiger partial charge is 0.356 e. The maximum absolute atomic E-state index is 5.73. The van der Waals surface area contributed by atoms with Gasteiger partial charge in [-0.25, -0.2) is 0 Å². The quantitative estimate of drug-likeness (QED) is 0.597. The summed E-state index contributed by atoms with van der Waals surface area (Å²) in [7, 11) is 0. The zero-order chi connectivity index (χ0) is 11.1. The third-order valence-electron chi connectivity index (χ3n) is 2.63. The van der Waals surface area contributed by atoms with Gasteiger partial charge in [0.25, 0.3) is 0 Å². The highest BCUT2D eigenvalue weighted by Gasteiger charge is 2.54. The molecule has 0 bridgehead atoms. The molecule has 2 aliphatic rings. The Morgan fingerprint density at radius 3 is 2.47 bits per heavy atom. The zero-order valence-electron chi connectivity index (χ0n) is 8.90. The predicted molar refractivity (Wildman–Crippen MR) is 54.8 cm³/mol. The molecule has 0 N–H and O–H groups in total. The van der Waals surface area contributed by atoms with E-state index in [0.29, 0.717) is 6.42 Å². The zero-order valence-corrected chi connectivity index (χ0v) is 8.90. The van der Waals surface area contributed by atoms with Gasteiger partial charge in [0.2, 0.25) is 0 Å². The van der Waals surface area contributed by atoms with Crippen LogP contribution in [-0.2, 0) is 14.2 Å². The predicted octanol–water partition coefficient (Wildman–Crippen LogP) is 0.930. The summed E-state index contributed by atoms with van der Waals surface area (Å²) in [6.45, 7) is 3.73. The van der Waals surface area contributed by atoms with Gasteiger partial charge in [0, 0.05) is 6.42 Å². The molecule has 2 rings (SSSR count). The number of hydrogen-bond donors (Lipinski definition) is 0. The van der Waals surface area contributed by atoms with Crippen molar-refractivity contribution in [3.8, 4) is 24.7 Å². The van der Waals surface area contributed by atoms with E-state index in [4.69, 9.17) is 27.1 Å². The Morgan fingerprint density at radius 2 is 1.87 bits per heavy atom. The Morgan fingerprint density at radius 1 is 1.20 bits per heavy atom. The van der Waals surface area contributed by atoms with Crippen LogP contribution in [0.15, 0.2) is 0 Å². The highest BCUT2D eigenvalue weighted by atomic mass is 16.8. The number of rotatable bonds is 1. The first-order chi connectivity index (χ1) is 7.07. The minimum absolute atomic E-state index is 0.142. The molecule has 0 unspecified atom stereocenters. The van der Waals surface area contributed by atoms with E-state index in [0.717, 1.165) is 0 Å². The molecule has 15 heavy (non-hydrogen) atoms. The number of fused-ring (bicyclic) bond motifs is 1. The van der Waals surface area contributed by atoms with Gasteiger partial charge in [0.05, 0.1) is 6.10 Å². The van der Waals surface area contributed by atoms with Crippen molar-refractivity contribution >= 4 is 0 Å². The van der Waals surface area contributed by atoms with Crippen molar-refractivity contribution in [3.05, 3.63) is 0 Å². The van der Waals surface area contributed by atoms with Crippen LogP contribution in [-0.4, -0.2) is 30.2 Å². The second-order valence-corrected chi connectivity index (χ2v) is 4.23. The van der Waals surface area contributed by atoms with Gasteiger partial charge in [-0.3, -0.25) is 0 Å². The number of terminal acetylenes is 2. The van der Waals surface area contributed by atoms with Crippen LogP contribution in [0.25, 0.3) is 0 Å². The molecule has 4 atom stereocenters. The molecule has 2 aliphatic heterocycles. The van der Waals surface area contributed by atoms with Gasteiger partial charge in [-0.15, -0.1) is 18.8 Å². The molecule has 3 heteroatoms. The second-order valence-electron chi connectivity index (χ2n) is 4.23. The molecule has 2 fully saturated rings. The first kappa shape index (κ1) is 10.5. The van der Waals surface area contributed by atoms with Crippen molar-refractivity contribution in [1.82, 2.24) is 0 Å². The molecule has 0 aliphatic carbocycles. The Balaban J connectivity index is 2.17. The third-order valence-corrected chi connectivity index (χ3v) is 2.63. The van der Waals surface area contributed by atoms with E-state index >= 15 is 0 Å². The molecular weight excluding hydrogens is 192 g/mol. The lowest BCUT2D eigenvalue weighted by molar-refractivity contribution is -0.180. The van der Waals surface area contributed by atoms with E-state index in [1.165, 1.54) is 0 Å². The molecule has 0 spiro atoms. The summed E-state index contributed by atoms with van der Waals surface area (Å²) in [5.41, 5.74) is 0. The van der Waals surface area contributed by atoms with Crippen molar-refractivity contribution < 1.29 is 14.2 Å². The number of hydrogen-bond acceptors (Lipinski definition) is 3. The first-order valence-corrected chi connectivity index (χ1v) is 4.98. The summed E-state index contributed by atoms with van der Waals surface area (Å²) in [4.78, 5) is 0. The SMILES string of the molecule is C#CC[C@H]1O[C@H](C#C)[C@H]2OC(C)(C)O[C@H]21. The highest BCUT2D eigenvalue weighted by molar-refractivity contribution is 5.11. The van der Waals surface area contributed by atoms with Crippen molar-refractivity contribution in [2.45, 2.75) is 50.5 Å². The van der Waals surface area contributed by atoms with Crippen LogP contribution in [0.5, 0.6) is 0 Å². The fourth-order valence-corrected chi connectivity index (χ4v) is 2.10. The summed E-state index contributed by atoms with van der Waals surface area (Å²) < 4.78 is 17.0. The van der Waals surface area contributed by atoms with Crippen LogP contribution in [0.3, 0.4) is 0 Å². The van der Waals surface area contributed by atoms with E-state index in [1.54, 1.807) is 0 Å². The molecule has 0 saturated carbocycles. The first-order valence-electron chi connectivity index (χ1n) is 4.98. The van der Waals surface area contributed by atoms with Crippen LogP contribution in [0.1, 0.15) is 20.3 Å². The molecule has 2 saturated heterocycles. The molecule has 0 amide bonds. The molecule has 0 radical (unpaired) electrons. The van der Waals surface area contributed by atoms with Crippen molar-refractivity contribution in [2.75, 3.05) is 0 Å². The van der Waals surface area contributed by atoms with Gasteiger partial charge in [-0.05, 0) is 13.8 Å². The molecule has 0 aromatic heterocycles. The Hall–Kier alpha value is -1.00. The lowest BCUT2D eigenvalue weighted by atomic mass is 10.1. The van der Waals surface area contributed by atoms with E-state index in [1.807, 2.05) is 13.8 Å². The molecule has 2 heterocycles. The van der Waals surface area contributed by atoms with Gasteiger partial charge in [0.15, 0.2) is 5.79 Å². The lowest BCUT2D eigenvalue weighted by Gasteiger charge is -2.21. The Labute approximate surface area is 90.1 Å². The Kier molecular flexibility index (Phi) is 2.48. The molecule has 80 valence electrons. The topological polar surface area (TPSA) is 27.7 Å². The maximum atomic E-state index is 5.73. The summed E-state index contributed by atoms with van der Waals surface area (Å²) in [6.07, 6.45) is 10.3. The van der Waals surface area contributed by atoms with Gasteiger partial charge >= 0.3 is 0 Å². The third kappa shape index (κ3) is 1.75. The standard InChI is InChI=1S/C12H14O3/c1-5-7-9-11-10(8(6-2)13-9)14-12(3,4)15-11/h1-2,8-11H,7H2,3-4H3/t8-,9-,10-,11+/m1/s1.